The number of allylic oxidation sites excluding steroid dienone is 2. The first-order valence-electron chi connectivity index (χ1n) is 12.2. The number of imide groups is 2. The molecule has 34 heavy (non-hydrogen) atoms. The Bertz CT molecular complexity index is 1110. The summed E-state index contributed by atoms with van der Waals surface area (Å²) in [5.74, 6) is -5.97. The number of rotatable bonds is 5. The molecule has 0 spiro atoms. The number of aromatic hydroxyl groups is 1. The maximum Gasteiger partial charge on any atom is 0.234 e. The molecule has 5 rings (SSSR count). The maximum absolute atomic E-state index is 14.4. The van der Waals surface area contributed by atoms with Crippen LogP contribution in [0.4, 0.5) is 4.39 Å². The number of carbonyl (C=O) groups is 4. The molecule has 4 aliphatic rings. The molecule has 8 heteroatoms. The van der Waals surface area contributed by atoms with Gasteiger partial charge in [0.2, 0.25) is 23.6 Å². The molecule has 2 aliphatic carbocycles. The first-order valence-corrected chi connectivity index (χ1v) is 12.2. The molecule has 2 aliphatic heterocycles. The van der Waals surface area contributed by atoms with Crippen molar-refractivity contribution in [3.8, 4) is 5.75 Å². The van der Waals surface area contributed by atoms with Crippen LogP contribution >= 0.6 is 0 Å². The Labute approximate surface area is 197 Å². The Morgan fingerprint density at radius 2 is 1.50 bits per heavy atom. The molecule has 0 radical (unpaired) electrons. The fraction of sp³-hybridized carbons (Fsp3) is 0.538. The average molecular weight is 469 g/mol. The first-order chi connectivity index (χ1) is 16.3. The molecule has 3 fully saturated rings. The van der Waals surface area contributed by atoms with Crippen molar-refractivity contribution in [3.63, 3.8) is 0 Å². The second-order valence-corrected chi connectivity index (χ2v) is 9.86. The van der Waals surface area contributed by atoms with Crippen LogP contribution in [0, 0.1) is 35.4 Å². The summed E-state index contributed by atoms with van der Waals surface area (Å²) in [5, 5.41) is 10.6. The second kappa shape index (κ2) is 8.32. The number of hydrogen-bond donors (Lipinski definition) is 1. The van der Waals surface area contributed by atoms with E-state index in [9.17, 15) is 28.7 Å². The van der Waals surface area contributed by atoms with Crippen LogP contribution in [-0.4, -0.2) is 51.6 Å². The fourth-order valence-electron chi connectivity index (χ4n) is 6.74. The van der Waals surface area contributed by atoms with Crippen molar-refractivity contribution in [2.45, 2.75) is 45.4 Å². The minimum atomic E-state index is -0.797. The first kappa shape index (κ1) is 22.7. The zero-order valence-corrected chi connectivity index (χ0v) is 19.4. The molecule has 6 unspecified atom stereocenters. The van der Waals surface area contributed by atoms with Gasteiger partial charge in [0.25, 0.3) is 0 Å². The summed E-state index contributed by atoms with van der Waals surface area (Å²) in [4.78, 5) is 55.8. The van der Waals surface area contributed by atoms with Crippen LogP contribution in [-0.2, 0) is 19.2 Å². The Hall–Kier alpha value is -3.03. The predicted octanol–water partition coefficient (Wildman–Crippen LogP) is 2.99. The Balaban J connectivity index is 1.64. The number of likely N-dealkylation sites (tertiary alicyclic amines) is 2. The molecule has 6 atom stereocenters. The summed E-state index contributed by atoms with van der Waals surface area (Å²) in [6.45, 7) is 4.44. The van der Waals surface area contributed by atoms with Crippen LogP contribution in [0.3, 0.4) is 0 Å². The van der Waals surface area contributed by atoms with E-state index in [1.807, 2.05) is 19.9 Å². The van der Waals surface area contributed by atoms with Crippen LogP contribution in [0.5, 0.6) is 5.75 Å². The zero-order valence-electron chi connectivity index (χ0n) is 19.4. The maximum atomic E-state index is 14.4. The molecule has 1 saturated carbocycles. The van der Waals surface area contributed by atoms with Crippen molar-refractivity contribution < 1.29 is 28.7 Å². The lowest BCUT2D eigenvalue weighted by Gasteiger charge is -2.44. The number of phenolic OH excluding ortho intramolecular Hbond substituents is 1. The lowest BCUT2D eigenvalue weighted by Crippen LogP contribution is -2.43. The highest BCUT2D eigenvalue weighted by atomic mass is 19.1. The number of para-hydroxylation sites is 1. The van der Waals surface area contributed by atoms with Gasteiger partial charge in [-0.05, 0) is 37.7 Å². The van der Waals surface area contributed by atoms with E-state index < -0.39 is 47.1 Å². The van der Waals surface area contributed by atoms with Gasteiger partial charge in [0.05, 0.1) is 23.7 Å². The molecule has 4 amide bonds. The summed E-state index contributed by atoms with van der Waals surface area (Å²) < 4.78 is 14.4. The third-order valence-corrected chi connectivity index (χ3v) is 8.08. The number of amides is 4. The van der Waals surface area contributed by atoms with E-state index >= 15 is 0 Å². The van der Waals surface area contributed by atoms with Crippen molar-refractivity contribution in [2.75, 3.05) is 13.1 Å². The molecule has 7 nitrogen and oxygen atoms in total. The Morgan fingerprint density at radius 1 is 0.882 bits per heavy atom. The standard InChI is InChI=1S/C26H29FN2O5/c1-3-10-28-23(31)15-9-8-13-16(20(15)25(28)33)12-17-21(26(34)29(11-4-2)24(17)32)19(13)14-6-5-7-18(27)22(14)30/h5-8,15-17,19-21,30H,3-4,9-12H2,1-2H3. The fourth-order valence-corrected chi connectivity index (χ4v) is 6.74. The van der Waals surface area contributed by atoms with E-state index in [0.29, 0.717) is 38.8 Å². The van der Waals surface area contributed by atoms with Gasteiger partial charge in [0, 0.05) is 24.6 Å². The molecule has 1 aromatic carbocycles. The lowest BCUT2D eigenvalue weighted by atomic mass is 9.57. The molecule has 2 saturated heterocycles. The van der Waals surface area contributed by atoms with E-state index in [2.05, 4.69) is 0 Å². The van der Waals surface area contributed by atoms with Crippen molar-refractivity contribution in [1.29, 1.82) is 0 Å². The van der Waals surface area contributed by atoms with Gasteiger partial charge in [-0.3, -0.25) is 29.0 Å². The van der Waals surface area contributed by atoms with Gasteiger partial charge in [-0.15, -0.1) is 0 Å². The lowest BCUT2D eigenvalue weighted by molar-refractivity contribution is -0.142. The number of phenols is 1. The molecular weight excluding hydrogens is 439 g/mol. The van der Waals surface area contributed by atoms with Gasteiger partial charge in [-0.25, -0.2) is 4.39 Å². The largest absolute Gasteiger partial charge is 0.505 e. The minimum absolute atomic E-state index is 0.180. The van der Waals surface area contributed by atoms with Crippen molar-refractivity contribution in [1.82, 2.24) is 9.80 Å². The van der Waals surface area contributed by atoms with Crippen LogP contribution in [0.1, 0.15) is 51.0 Å². The number of fused-ring (bicyclic) bond motifs is 4. The summed E-state index contributed by atoms with van der Waals surface area (Å²) in [6.07, 6.45) is 3.83. The van der Waals surface area contributed by atoms with Crippen molar-refractivity contribution >= 4 is 23.6 Å². The number of benzene rings is 1. The Morgan fingerprint density at radius 3 is 2.15 bits per heavy atom. The summed E-state index contributed by atoms with van der Waals surface area (Å²) in [5.41, 5.74) is 1.02. The van der Waals surface area contributed by atoms with Crippen LogP contribution in [0.2, 0.25) is 0 Å². The minimum Gasteiger partial charge on any atom is -0.505 e. The van der Waals surface area contributed by atoms with Crippen LogP contribution in [0.25, 0.3) is 0 Å². The highest BCUT2D eigenvalue weighted by Crippen LogP contribution is 2.58. The average Bonchev–Trinajstić information content (AvgIpc) is 3.20. The van der Waals surface area contributed by atoms with E-state index in [4.69, 9.17) is 0 Å². The normalized spacial score (nSPS) is 32.6. The van der Waals surface area contributed by atoms with Gasteiger partial charge in [0.15, 0.2) is 11.6 Å². The van der Waals surface area contributed by atoms with Gasteiger partial charge >= 0.3 is 0 Å². The third kappa shape index (κ3) is 3.07. The Kier molecular flexibility index (Phi) is 5.57. The van der Waals surface area contributed by atoms with Gasteiger partial charge in [0.1, 0.15) is 0 Å². The van der Waals surface area contributed by atoms with E-state index in [1.165, 1.54) is 15.9 Å². The molecule has 1 aromatic rings. The summed E-state index contributed by atoms with van der Waals surface area (Å²) in [6, 6.07) is 4.21. The molecule has 180 valence electrons. The highest BCUT2D eigenvalue weighted by molar-refractivity contribution is 6.08. The smallest absolute Gasteiger partial charge is 0.234 e. The van der Waals surface area contributed by atoms with Crippen LogP contribution < -0.4 is 0 Å². The summed E-state index contributed by atoms with van der Waals surface area (Å²) >= 11 is 0. The quantitative estimate of drug-likeness (QED) is 0.530. The zero-order chi connectivity index (χ0) is 24.3. The summed E-state index contributed by atoms with van der Waals surface area (Å²) in [7, 11) is 0. The molecule has 0 bridgehead atoms. The second-order valence-electron chi connectivity index (χ2n) is 9.86. The number of nitrogens with zero attached hydrogens (tertiary/aromatic N) is 2. The third-order valence-electron chi connectivity index (χ3n) is 8.08. The van der Waals surface area contributed by atoms with Crippen molar-refractivity contribution in [3.05, 3.63) is 41.2 Å². The molecule has 2 heterocycles. The molecule has 1 N–H and O–H groups in total. The van der Waals surface area contributed by atoms with Crippen LogP contribution in [0.15, 0.2) is 29.8 Å². The van der Waals surface area contributed by atoms with Gasteiger partial charge < -0.3 is 5.11 Å². The molecule has 0 aromatic heterocycles. The SMILES string of the molecule is CCCN1C(=O)C2CC=C3C(CC4C(=O)N(CCC)C(=O)C4C3c3cccc(F)c3O)C2C1=O. The van der Waals surface area contributed by atoms with E-state index in [-0.39, 0.29) is 29.2 Å². The van der Waals surface area contributed by atoms with Gasteiger partial charge in [-0.2, -0.15) is 0 Å². The van der Waals surface area contributed by atoms with Crippen molar-refractivity contribution in [2.24, 2.45) is 29.6 Å². The predicted molar refractivity (Wildman–Crippen MR) is 120 cm³/mol. The van der Waals surface area contributed by atoms with Gasteiger partial charge in [-0.1, -0.05) is 37.6 Å². The number of halogens is 1. The van der Waals surface area contributed by atoms with E-state index in [0.717, 1.165) is 11.6 Å². The number of carbonyl (C=O) groups excluding carboxylic acids is 4. The highest BCUT2D eigenvalue weighted by Gasteiger charge is 2.61. The monoisotopic (exact) mass is 468 g/mol. The van der Waals surface area contributed by atoms with E-state index in [1.54, 1.807) is 6.07 Å². The topological polar surface area (TPSA) is 95.0 Å². The molecular formula is C26H29FN2O5. The number of hydrogen-bond acceptors (Lipinski definition) is 5.